The zero-order valence-electron chi connectivity index (χ0n) is 13.5. The van der Waals surface area contributed by atoms with Gasteiger partial charge in [0.2, 0.25) is 0 Å². The molecule has 0 amide bonds. The van der Waals surface area contributed by atoms with Crippen LogP contribution in [0.5, 0.6) is 0 Å². The van der Waals surface area contributed by atoms with Crippen LogP contribution in [-0.4, -0.2) is 12.5 Å². The van der Waals surface area contributed by atoms with Gasteiger partial charge in [0.15, 0.2) is 8.24 Å². The van der Waals surface area contributed by atoms with Crippen molar-refractivity contribution < 1.29 is 0 Å². The van der Waals surface area contributed by atoms with Gasteiger partial charge in [-0.1, -0.05) is 52.7 Å². The maximum atomic E-state index is 2.75. The Morgan fingerprint density at radius 1 is 1.10 bits per heavy atom. The molecule has 1 aliphatic heterocycles. The van der Waals surface area contributed by atoms with E-state index in [0.29, 0.717) is 0 Å². The molecule has 0 spiro atoms. The summed E-state index contributed by atoms with van der Waals surface area (Å²) in [5.41, 5.74) is 5.42. The van der Waals surface area contributed by atoms with E-state index in [1.165, 1.54) is 29.3 Å². The summed E-state index contributed by atoms with van der Waals surface area (Å²) in [4.78, 5) is 0. The van der Waals surface area contributed by atoms with E-state index in [1.807, 2.05) is 0 Å². The van der Waals surface area contributed by atoms with E-state index in [1.54, 1.807) is 0 Å². The lowest BCUT2D eigenvalue weighted by Gasteiger charge is -2.41. The van der Waals surface area contributed by atoms with Crippen molar-refractivity contribution in [3.63, 3.8) is 0 Å². The highest BCUT2D eigenvalue weighted by Crippen LogP contribution is 2.53. The molecule has 108 valence electrons. The number of aromatic nitrogens is 1. The number of benzene rings is 1. The minimum absolute atomic E-state index is 0.797. The Bertz CT molecular complexity index is 615. The van der Waals surface area contributed by atoms with Gasteiger partial charge in [0.1, 0.15) is 0 Å². The highest BCUT2D eigenvalue weighted by molar-refractivity contribution is 6.83. The number of hydrogen-bond acceptors (Lipinski definition) is 0. The van der Waals surface area contributed by atoms with Crippen LogP contribution in [0.2, 0.25) is 16.6 Å². The van der Waals surface area contributed by atoms with E-state index >= 15 is 0 Å². The second-order valence-corrected chi connectivity index (χ2v) is 12.6. The molecular weight excluding hydrogens is 258 g/mol. The van der Waals surface area contributed by atoms with Crippen LogP contribution < -0.4 is 0 Å². The lowest BCUT2D eigenvalue weighted by molar-refractivity contribution is 0.765. The SMILES string of the molecule is Cc1ccc2ccn([Si]3(C(C)C)C(C)CCC3C)c2c1. The molecule has 0 bridgehead atoms. The molecule has 2 unspecified atom stereocenters. The fraction of sp³-hybridized carbons (Fsp3) is 0.556. The molecule has 0 N–H and O–H groups in total. The summed E-state index contributed by atoms with van der Waals surface area (Å²) in [6.07, 6.45) is 5.22. The number of hydrogen-bond donors (Lipinski definition) is 0. The summed E-state index contributed by atoms with van der Waals surface area (Å²) in [5.74, 6) is 0. The highest BCUT2D eigenvalue weighted by Gasteiger charge is 2.52. The number of nitrogens with zero attached hydrogens (tertiary/aromatic N) is 1. The van der Waals surface area contributed by atoms with Crippen LogP contribution in [0, 0.1) is 6.92 Å². The van der Waals surface area contributed by atoms with Gasteiger partial charge < -0.3 is 4.23 Å². The fourth-order valence-electron chi connectivity index (χ4n) is 4.92. The summed E-state index contributed by atoms with van der Waals surface area (Å²) in [7, 11) is -1.51. The molecule has 1 aromatic carbocycles. The Morgan fingerprint density at radius 3 is 2.35 bits per heavy atom. The van der Waals surface area contributed by atoms with E-state index in [9.17, 15) is 0 Å². The van der Waals surface area contributed by atoms with Gasteiger partial charge in [-0.2, -0.15) is 0 Å². The second-order valence-electron chi connectivity index (χ2n) is 7.17. The van der Waals surface area contributed by atoms with Gasteiger partial charge in [-0.3, -0.25) is 0 Å². The molecule has 2 heterocycles. The molecule has 2 atom stereocenters. The minimum atomic E-state index is -1.51. The topological polar surface area (TPSA) is 4.93 Å². The summed E-state index contributed by atoms with van der Waals surface area (Å²) in [6, 6.07) is 9.24. The van der Waals surface area contributed by atoms with E-state index in [4.69, 9.17) is 0 Å². The van der Waals surface area contributed by atoms with Crippen molar-refractivity contribution >= 4 is 19.1 Å². The van der Waals surface area contributed by atoms with Crippen molar-refractivity contribution in [1.82, 2.24) is 4.23 Å². The van der Waals surface area contributed by atoms with Crippen molar-refractivity contribution in [2.24, 2.45) is 0 Å². The molecule has 2 aromatic rings. The number of aryl methyl sites for hydroxylation is 1. The molecule has 1 saturated heterocycles. The molecule has 1 nitrogen and oxygen atoms in total. The van der Waals surface area contributed by atoms with Crippen LogP contribution >= 0.6 is 0 Å². The maximum Gasteiger partial charge on any atom is 0.169 e. The summed E-state index contributed by atoms with van der Waals surface area (Å²) in [6.45, 7) is 12.2. The molecule has 1 fully saturated rings. The van der Waals surface area contributed by atoms with Crippen LogP contribution in [0.4, 0.5) is 0 Å². The predicted molar refractivity (Wildman–Crippen MR) is 91.0 cm³/mol. The first-order valence-electron chi connectivity index (χ1n) is 8.06. The smallest absolute Gasteiger partial charge is 0.169 e. The lowest BCUT2D eigenvalue weighted by Crippen LogP contribution is -2.49. The molecule has 20 heavy (non-hydrogen) atoms. The third kappa shape index (κ3) is 1.74. The van der Waals surface area contributed by atoms with E-state index in [-0.39, 0.29) is 0 Å². The standard InChI is InChI=1S/C18H27NSi/c1-13(2)20(15(4)7-8-16(20)5)19-11-10-17-9-6-14(3)12-18(17)19/h6,9-13,15-16H,7-8H2,1-5H3. The lowest BCUT2D eigenvalue weighted by atomic mass is 10.2. The van der Waals surface area contributed by atoms with E-state index in [0.717, 1.165) is 16.6 Å². The Balaban J connectivity index is 2.28. The zero-order chi connectivity index (χ0) is 14.5. The van der Waals surface area contributed by atoms with Gasteiger partial charge in [-0.15, -0.1) is 0 Å². The Kier molecular flexibility index (Phi) is 3.32. The van der Waals surface area contributed by atoms with E-state index < -0.39 is 8.24 Å². The first-order valence-corrected chi connectivity index (χ1v) is 10.2. The van der Waals surface area contributed by atoms with Crippen molar-refractivity contribution in [3.8, 4) is 0 Å². The van der Waals surface area contributed by atoms with Gasteiger partial charge in [0.25, 0.3) is 0 Å². The fourth-order valence-corrected chi connectivity index (χ4v) is 11.9. The zero-order valence-corrected chi connectivity index (χ0v) is 14.5. The van der Waals surface area contributed by atoms with Crippen LogP contribution in [0.25, 0.3) is 10.9 Å². The largest absolute Gasteiger partial charge is 0.373 e. The average molecular weight is 286 g/mol. The minimum Gasteiger partial charge on any atom is -0.373 e. The van der Waals surface area contributed by atoms with Gasteiger partial charge in [-0.05, 0) is 52.8 Å². The van der Waals surface area contributed by atoms with Crippen molar-refractivity contribution in [2.45, 2.75) is 64.1 Å². The average Bonchev–Trinajstić information content (AvgIpc) is 2.92. The summed E-state index contributed by atoms with van der Waals surface area (Å²) in [5, 5.41) is 1.41. The Labute approximate surface area is 124 Å². The third-order valence-corrected chi connectivity index (χ3v) is 12.6. The van der Waals surface area contributed by atoms with Crippen molar-refractivity contribution in [1.29, 1.82) is 0 Å². The first-order chi connectivity index (χ1) is 9.47. The van der Waals surface area contributed by atoms with Gasteiger partial charge >= 0.3 is 0 Å². The third-order valence-electron chi connectivity index (χ3n) is 5.80. The summed E-state index contributed by atoms with van der Waals surface area (Å²) < 4.78 is 2.75. The first kappa shape index (κ1) is 13.9. The molecule has 2 heteroatoms. The van der Waals surface area contributed by atoms with Gasteiger partial charge in [-0.25, -0.2) is 0 Å². The molecule has 1 aliphatic rings. The van der Waals surface area contributed by atoms with Crippen LogP contribution in [0.1, 0.15) is 46.1 Å². The van der Waals surface area contributed by atoms with Crippen LogP contribution in [0.3, 0.4) is 0 Å². The van der Waals surface area contributed by atoms with E-state index in [2.05, 4.69) is 69.3 Å². The molecule has 0 radical (unpaired) electrons. The monoisotopic (exact) mass is 285 g/mol. The second kappa shape index (κ2) is 4.76. The van der Waals surface area contributed by atoms with Crippen LogP contribution in [-0.2, 0) is 0 Å². The Hall–Kier alpha value is -1.02. The van der Waals surface area contributed by atoms with Crippen molar-refractivity contribution in [2.75, 3.05) is 0 Å². The maximum absolute atomic E-state index is 2.75. The molecule has 1 aromatic heterocycles. The molecule has 3 rings (SSSR count). The van der Waals surface area contributed by atoms with Crippen LogP contribution in [0.15, 0.2) is 30.5 Å². The summed E-state index contributed by atoms with van der Waals surface area (Å²) >= 11 is 0. The number of fused-ring (bicyclic) bond motifs is 1. The van der Waals surface area contributed by atoms with Gasteiger partial charge in [0.05, 0.1) is 0 Å². The normalized spacial score (nSPS) is 30.5. The quantitative estimate of drug-likeness (QED) is 0.621. The van der Waals surface area contributed by atoms with Gasteiger partial charge in [0, 0.05) is 5.52 Å². The highest BCUT2D eigenvalue weighted by atomic mass is 28.3. The Morgan fingerprint density at radius 2 is 1.75 bits per heavy atom. The molecular formula is C18H27NSi. The number of rotatable bonds is 2. The molecule has 0 saturated carbocycles. The molecule has 0 aliphatic carbocycles. The van der Waals surface area contributed by atoms with Crippen molar-refractivity contribution in [3.05, 3.63) is 36.0 Å². The predicted octanol–water partition coefficient (Wildman–Crippen LogP) is 5.73.